The quantitative estimate of drug-likeness (QED) is 0.900. The molecule has 5 heteroatoms. The highest BCUT2D eigenvalue weighted by molar-refractivity contribution is 9.10. The first kappa shape index (κ1) is 13.4. The van der Waals surface area contributed by atoms with Crippen LogP contribution < -0.4 is 4.74 Å². The summed E-state index contributed by atoms with van der Waals surface area (Å²) in [5, 5.41) is 18.9. The predicted octanol–water partition coefficient (Wildman–Crippen LogP) is 2.75. The van der Waals surface area contributed by atoms with Crippen molar-refractivity contribution < 1.29 is 19.7 Å². The lowest BCUT2D eigenvalue weighted by Crippen LogP contribution is -2.26. The molecule has 1 saturated carbocycles. The van der Waals surface area contributed by atoms with E-state index in [0.29, 0.717) is 16.6 Å². The minimum absolute atomic E-state index is 0.126. The molecule has 1 aliphatic carbocycles. The molecule has 2 rings (SSSR count). The van der Waals surface area contributed by atoms with E-state index in [-0.39, 0.29) is 11.7 Å². The number of ether oxygens (including phenoxy) is 1. The number of aliphatic hydroxyl groups is 1. The molecule has 1 aromatic carbocycles. The van der Waals surface area contributed by atoms with Crippen LogP contribution in [0.3, 0.4) is 0 Å². The van der Waals surface area contributed by atoms with Crippen molar-refractivity contribution in [3.05, 3.63) is 27.7 Å². The van der Waals surface area contributed by atoms with Crippen molar-refractivity contribution >= 4 is 21.9 Å². The third kappa shape index (κ3) is 2.67. The van der Waals surface area contributed by atoms with Gasteiger partial charge in [-0.3, -0.25) is 0 Å². The summed E-state index contributed by atoms with van der Waals surface area (Å²) in [6, 6.07) is 3.33. The Labute approximate surface area is 114 Å². The lowest BCUT2D eigenvalue weighted by Gasteiger charge is -2.20. The average Bonchev–Trinajstić information content (AvgIpc) is 2.67. The average molecular weight is 315 g/mol. The molecule has 2 N–H and O–H groups in total. The Morgan fingerprint density at radius 3 is 2.72 bits per heavy atom. The summed E-state index contributed by atoms with van der Waals surface area (Å²) in [4.78, 5) is 11.2. The van der Waals surface area contributed by atoms with Gasteiger partial charge >= 0.3 is 5.97 Å². The fourth-order valence-corrected chi connectivity index (χ4v) is 2.81. The number of carboxylic acids is 1. The smallest absolute Gasteiger partial charge is 0.339 e. The van der Waals surface area contributed by atoms with Crippen LogP contribution >= 0.6 is 15.9 Å². The Morgan fingerprint density at radius 2 is 2.17 bits per heavy atom. The Balaban J connectivity index is 2.33. The molecule has 0 aromatic heterocycles. The second-order valence-corrected chi connectivity index (χ2v) is 5.47. The van der Waals surface area contributed by atoms with Crippen molar-refractivity contribution in [2.75, 3.05) is 0 Å². The van der Waals surface area contributed by atoms with E-state index < -0.39 is 12.1 Å². The third-order valence-electron chi connectivity index (χ3n) is 3.16. The van der Waals surface area contributed by atoms with Crippen molar-refractivity contribution in [1.29, 1.82) is 0 Å². The van der Waals surface area contributed by atoms with Gasteiger partial charge < -0.3 is 14.9 Å². The van der Waals surface area contributed by atoms with E-state index in [1.165, 1.54) is 6.07 Å². The summed E-state index contributed by atoms with van der Waals surface area (Å²) in [6.07, 6.45) is 1.57. The summed E-state index contributed by atoms with van der Waals surface area (Å²) in [7, 11) is 0. The van der Waals surface area contributed by atoms with E-state index in [1.807, 2.05) is 6.07 Å². The van der Waals surface area contributed by atoms with Gasteiger partial charge in [-0.1, -0.05) is 15.9 Å². The maximum atomic E-state index is 11.2. The van der Waals surface area contributed by atoms with Crippen molar-refractivity contribution in [1.82, 2.24) is 0 Å². The molecule has 0 spiro atoms. The molecule has 98 valence electrons. The molecule has 0 heterocycles. The molecule has 1 aliphatic rings. The summed E-state index contributed by atoms with van der Waals surface area (Å²) in [5.41, 5.74) is 0.877. The van der Waals surface area contributed by atoms with Gasteiger partial charge in [0, 0.05) is 4.47 Å². The van der Waals surface area contributed by atoms with Crippen LogP contribution in [0.2, 0.25) is 0 Å². The first-order valence-corrected chi connectivity index (χ1v) is 6.66. The zero-order valence-electron chi connectivity index (χ0n) is 10.0. The first-order chi connectivity index (χ1) is 8.49. The van der Waals surface area contributed by atoms with Gasteiger partial charge in [0.1, 0.15) is 17.4 Å². The lowest BCUT2D eigenvalue weighted by atomic mass is 10.1. The summed E-state index contributed by atoms with van der Waals surface area (Å²) in [6.45, 7) is 1.80. The molecule has 0 bridgehead atoms. The molecule has 0 amide bonds. The van der Waals surface area contributed by atoms with Crippen LogP contribution in [-0.4, -0.2) is 28.4 Å². The van der Waals surface area contributed by atoms with Gasteiger partial charge in [0.05, 0.1) is 6.10 Å². The standard InChI is InChI=1S/C13H15BrO4/c1-7-5-8(14)6-9(13(16)17)12(7)18-11-4-2-3-10(11)15/h5-6,10-11,15H,2-4H2,1H3,(H,16,17). The zero-order chi connectivity index (χ0) is 13.3. The van der Waals surface area contributed by atoms with Crippen molar-refractivity contribution in [3.8, 4) is 5.75 Å². The zero-order valence-corrected chi connectivity index (χ0v) is 11.6. The maximum absolute atomic E-state index is 11.2. The molecule has 2 atom stereocenters. The highest BCUT2D eigenvalue weighted by Gasteiger charge is 2.29. The molecule has 1 fully saturated rings. The number of aromatic carboxylic acids is 1. The van der Waals surface area contributed by atoms with Gasteiger partial charge in [0.2, 0.25) is 0 Å². The minimum Gasteiger partial charge on any atom is -0.487 e. The number of hydrogen-bond donors (Lipinski definition) is 2. The van der Waals surface area contributed by atoms with Gasteiger partial charge in [-0.25, -0.2) is 4.79 Å². The van der Waals surface area contributed by atoms with Gasteiger partial charge in [0.25, 0.3) is 0 Å². The molecular formula is C13H15BrO4. The van der Waals surface area contributed by atoms with E-state index >= 15 is 0 Å². The Kier molecular flexibility index (Phi) is 3.92. The largest absolute Gasteiger partial charge is 0.487 e. The van der Waals surface area contributed by atoms with Crippen LogP contribution in [-0.2, 0) is 0 Å². The number of halogens is 1. The number of aliphatic hydroxyl groups excluding tert-OH is 1. The number of rotatable bonds is 3. The number of hydrogen-bond acceptors (Lipinski definition) is 3. The fourth-order valence-electron chi connectivity index (χ4n) is 2.24. The van der Waals surface area contributed by atoms with E-state index in [2.05, 4.69) is 15.9 Å². The topological polar surface area (TPSA) is 66.8 Å². The van der Waals surface area contributed by atoms with Gasteiger partial charge in [0.15, 0.2) is 0 Å². The van der Waals surface area contributed by atoms with Crippen molar-refractivity contribution in [2.45, 2.75) is 38.4 Å². The maximum Gasteiger partial charge on any atom is 0.339 e. The predicted molar refractivity (Wildman–Crippen MR) is 70.1 cm³/mol. The van der Waals surface area contributed by atoms with Crippen LogP contribution in [0.25, 0.3) is 0 Å². The molecule has 0 aliphatic heterocycles. The normalized spacial score (nSPS) is 23.1. The summed E-state index contributed by atoms with van der Waals surface area (Å²) < 4.78 is 6.42. The van der Waals surface area contributed by atoms with Gasteiger partial charge in [-0.15, -0.1) is 0 Å². The lowest BCUT2D eigenvalue weighted by molar-refractivity contribution is 0.0556. The highest BCUT2D eigenvalue weighted by Crippen LogP contribution is 2.32. The number of aryl methyl sites for hydroxylation is 1. The van der Waals surface area contributed by atoms with Gasteiger partial charge in [-0.05, 0) is 43.9 Å². The molecule has 1 aromatic rings. The summed E-state index contributed by atoms with van der Waals surface area (Å²) in [5.74, 6) is -0.668. The number of carboxylic acid groups (broad SMARTS) is 1. The Bertz CT molecular complexity index is 472. The molecule has 0 saturated heterocycles. The SMILES string of the molecule is Cc1cc(Br)cc(C(=O)O)c1OC1CCCC1O. The van der Waals surface area contributed by atoms with Crippen LogP contribution in [0, 0.1) is 6.92 Å². The number of benzene rings is 1. The van der Waals surface area contributed by atoms with Crippen LogP contribution in [0.5, 0.6) is 5.75 Å². The highest BCUT2D eigenvalue weighted by atomic mass is 79.9. The van der Waals surface area contributed by atoms with E-state index in [4.69, 9.17) is 4.74 Å². The Hall–Kier alpha value is -1.07. The number of carbonyl (C=O) groups is 1. The second-order valence-electron chi connectivity index (χ2n) is 4.56. The van der Waals surface area contributed by atoms with Crippen molar-refractivity contribution in [3.63, 3.8) is 0 Å². The minimum atomic E-state index is -1.03. The van der Waals surface area contributed by atoms with E-state index in [9.17, 15) is 15.0 Å². The molecule has 0 radical (unpaired) electrons. The third-order valence-corrected chi connectivity index (χ3v) is 3.61. The second kappa shape index (κ2) is 5.28. The van der Waals surface area contributed by atoms with Gasteiger partial charge in [-0.2, -0.15) is 0 Å². The van der Waals surface area contributed by atoms with Crippen LogP contribution in [0.15, 0.2) is 16.6 Å². The van der Waals surface area contributed by atoms with E-state index in [0.717, 1.165) is 18.4 Å². The fraction of sp³-hybridized carbons (Fsp3) is 0.462. The molecular weight excluding hydrogens is 300 g/mol. The molecule has 18 heavy (non-hydrogen) atoms. The monoisotopic (exact) mass is 314 g/mol. The van der Waals surface area contributed by atoms with Crippen molar-refractivity contribution in [2.24, 2.45) is 0 Å². The molecule has 4 nitrogen and oxygen atoms in total. The van der Waals surface area contributed by atoms with Crippen LogP contribution in [0.4, 0.5) is 0 Å². The van der Waals surface area contributed by atoms with E-state index in [1.54, 1.807) is 6.92 Å². The Morgan fingerprint density at radius 1 is 1.44 bits per heavy atom. The first-order valence-electron chi connectivity index (χ1n) is 5.87. The molecule has 2 unspecified atom stereocenters. The summed E-state index contributed by atoms with van der Waals surface area (Å²) >= 11 is 3.27. The van der Waals surface area contributed by atoms with Crippen LogP contribution in [0.1, 0.15) is 35.2 Å².